The van der Waals surface area contributed by atoms with Gasteiger partial charge in [0.05, 0.1) is 47.6 Å². The molecular weight excluding hydrogens is 438 g/mol. The van der Waals surface area contributed by atoms with E-state index in [2.05, 4.69) is 16.7 Å². The predicted octanol–water partition coefficient (Wildman–Crippen LogP) is 4.33. The molecule has 8 heteroatoms. The normalized spacial score (nSPS) is 15.4. The van der Waals surface area contributed by atoms with Gasteiger partial charge in [0.2, 0.25) is 5.91 Å². The second-order valence-corrected chi connectivity index (χ2v) is 8.10. The molecule has 2 N–H and O–H groups in total. The average Bonchev–Trinajstić information content (AvgIpc) is 2.83. The van der Waals surface area contributed by atoms with Crippen LogP contribution in [0.2, 0.25) is 0 Å². The number of nitriles is 1. The topological polar surface area (TPSA) is 100 Å². The Labute approximate surface area is 197 Å². The summed E-state index contributed by atoms with van der Waals surface area (Å²) in [5.41, 5.74) is 2.60. The van der Waals surface area contributed by atoms with Crippen LogP contribution in [-0.4, -0.2) is 31.3 Å². The minimum Gasteiger partial charge on any atom is -0.494 e. The molecule has 0 radical (unpaired) electrons. The number of hydrogen-bond acceptors (Lipinski definition) is 7. The van der Waals surface area contributed by atoms with Crippen molar-refractivity contribution in [1.29, 1.82) is 5.26 Å². The Morgan fingerprint density at radius 3 is 2.52 bits per heavy atom. The third-order valence-electron chi connectivity index (χ3n) is 4.99. The van der Waals surface area contributed by atoms with Crippen LogP contribution in [0.3, 0.4) is 0 Å². The highest BCUT2D eigenvalue weighted by atomic mass is 32.2. The lowest BCUT2D eigenvalue weighted by atomic mass is 9.82. The van der Waals surface area contributed by atoms with Crippen molar-refractivity contribution in [3.05, 3.63) is 82.0 Å². The van der Waals surface area contributed by atoms with Gasteiger partial charge in [-0.2, -0.15) is 5.26 Å². The second kappa shape index (κ2) is 11.2. The number of benzene rings is 2. The first-order valence-electron chi connectivity index (χ1n) is 10.4. The molecule has 0 fully saturated rings. The molecule has 0 aliphatic carbocycles. The van der Waals surface area contributed by atoms with Gasteiger partial charge in [-0.1, -0.05) is 48.2 Å². The van der Waals surface area contributed by atoms with E-state index in [1.807, 2.05) is 43.3 Å². The number of nitrogens with one attached hydrogen (secondary N) is 2. The highest BCUT2D eigenvalue weighted by Gasteiger charge is 2.36. The average molecular weight is 464 g/mol. The molecule has 0 saturated carbocycles. The highest BCUT2D eigenvalue weighted by Crippen LogP contribution is 2.43. The first kappa shape index (κ1) is 24.0. The number of allylic oxidation sites excluding steroid dienone is 2. The molecule has 170 valence electrons. The fourth-order valence-corrected chi connectivity index (χ4v) is 4.47. The summed E-state index contributed by atoms with van der Waals surface area (Å²) in [5, 5.41) is 16.6. The fourth-order valence-electron chi connectivity index (χ4n) is 3.58. The SMILES string of the molecule is CCOc1ccccc1[C@@H]1C(C#N)=C(SCC(=O)Nc2ccccc2)NC(C)=C1C(=O)OC. The number of amides is 1. The summed E-state index contributed by atoms with van der Waals surface area (Å²) >= 11 is 1.21. The van der Waals surface area contributed by atoms with E-state index in [4.69, 9.17) is 9.47 Å². The van der Waals surface area contributed by atoms with Crippen LogP contribution >= 0.6 is 11.8 Å². The Balaban J connectivity index is 1.96. The summed E-state index contributed by atoms with van der Waals surface area (Å²) in [6.07, 6.45) is 0. The lowest BCUT2D eigenvalue weighted by Gasteiger charge is -2.30. The molecule has 3 rings (SSSR count). The summed E-state index contributed by atoms with van der Waals surface area (Å²) in [6.45, 7) is 4.06. The zero-order valence-corrected chi connectivity index (χ0v) is 19.5. The Bertz CT molecular complexity index is 1140. The second-order valence-electron chi connectivity index (χ2n) is 7.12. The summed E-state index contributed by atoms with van der Waals surface area (Å²) in [6, 6.07) is 18.7. The Kier molecular flexibility index (Phi) is 8.17. The van der Waals surface area contributed by atoms with Crippen LogP contribution < -0.4 is 15.4 Å². The van der Waals surface area contributed by atoms with Gasteiger partial charge in [0, 0.05) is 16.9 Å². The van der Waals surface area contributed by atoms with Gasteiger partial charge >= 0.3 is 5.97 Å². The minimum absolute atomic E-state index is 0.0864. The highest BCUT2D eigenvalue weighted by molar-refractivity contribution is 8.03. The largest absolute Gasteiger partial charge is 0.494 e. The van der Waals surface area contributed by atoms with Crippen molar-refractivity contribution in [2.75, 3.05) is 24.8 Å². The summed E-state index contributed by atoms with van der Waals surface area (Å²) in [5.74, 6) is -0.756. The van der Waals surface area contributed by atoms with Crippen molar-refractivity contribution in [1.82, 2.24) is 5.32 Å². The lowest BCUT2D eigenvalue weighted by Crippen LogP contribution is -2.29. The number of para-hydroxylation sites is 2. The van der Waals surface area contributed by atoms with Gasteiger partial charge in [0.25, 0.3) is 0 Å². The van der Waals surface area contributed by atoms with Crippen molar-refractivity contribution >= 4 is 29.3 Å². The van der Waals surface area contributed by atoms with Crippen LogP contribution in [0.25, 0.3) is 0 Å². The number of anilines is 1. The van der Waals surface area contributed by atoms with Gasteiger partial charge in [-0.3, -0.25) is 4.79 Å². The van der Waals surface area contributed by atoms with Crippen molar-refractivity contribution < 1.29 is 19.1 Å². The van der Waals surface area contributed by atoms with Crippen molar-refractivity contribution in [3.63, 3.8) is 0 Å². The smallest absolute Gasteiger partial charge is 0.336 e. The van der Waals surface area contributed by atoms with Gasteiger partial charge < -0.3 is 20.1 Å². The molecule has 1 amide bonds. The fraction of sp³-hybridized carbons (Fsp3) is 0.240. The monoisotopic (exact) mass is 463 g/mol. The van der Waals surface area contributed by atoms with Crippen LogP contribution in [0, 0.1) is 11.3 Å². The van der Waals surface area contributed by atoms with E-state index in [1.54, 1.807) is 25.1 Å². The number of thioether (sulfide) groups is 1. The summed E-state index contributed by atoms with van der Waals surface area (Å²) in [7, 11) is 1.31. The number of dihydropyridines is 1. The molecule has 0 bridgehead atoms. The quantitative estimate of drug-likeness (QED) is 0.562. The first-order chi connectivity index (χ1) is 16.0. The molecule has 1 aliphatic heterocycles. The van der Waals surface area contributed by atoms with E-state index in [1.165, 1.54) is 18.9 Å². The van der Waals surface area contributed by atoms with Crippen molar-refractivity contribution in [2.24, 2.45) is 0 Å². The van der Waals surface area contributed by atoms with E-state index in [-0.39, 0.29) is 11.7 Å². The van der Waals surface area contributed by atoms with Crippen LogP contribution in [-0.2, 0) is 14.3 Å². The molecule has 7 nitrogen and oxygen atoms in total. The van der Waals surface area contributed by atoms with Gasteiger partial charge in [0.1, 0.15) is 5.75 Å². The molecule has 2 aromatic rings. The third kappa shape index (κ3) is 5.57. The van der Waals surface area contributed by atoms with Crippen molar-refractivity contribution in [3.8, 4) is 11.8 Å². The van der Waals surface area contributed by atoms with E-state index in [9.17, 15) is 14.9 Å². The third-order valence-corrected chi connectivity index (χ3v) is 6.00. The summed E-state index contributed by atoms with van der Waals surface area (Å²) in [4.78, 5) is 25.2. The van der Waals surface area contributed by atoms with Crippen LogP contribution in [0.1, 0.15) is 25.3 Å². The van der Waals surface area contributed by atoms with E-state index in [0.29, 0.717) is 45.5 Å². The van der Waals surface area contributed by atoms with Crippen molar-refractivity contribution in [2.45, 2.75) is 19.8 Å². The zero-order chi connectivity index (χ0) is 23.8. The Morgan fingerprint density at radius 1 is 1.15 bits per heavy atom. The molecule has 2 aromatic carbocycles. The number of esters is 1. The maximum Gasteiger partial charge on any atom is 0.336 e. The zero-order valence-electron chi connectivity index (χ0n) is 18.7. The van der Waals surface area contributed by atoms with Crippen LogP contribution in [0.15, 0.2) is 76.5 Å². The van der Waals surface area contributed by atoms with Gasteiger partial charge in [-0.25, -0.2) is 4.79 Å². The number of carbonyl (C=O) groups is 2. The van der Waals surface area contributed by atoms with E-state index >= 15 is 0 Å². The molecule has 1 atom stereocenters. The Hall–Kier alpha value is -3.70. The molecule has 0 unspecified atom stereocenters. The molecule has 1 aliphatic rings. The molecule has 0 spiro atoms. The standard InChI is InChI=1S/C25H25N3O4S/c1-4-32-20-13-9-8-12-18(20)23-19(14-26)24(27-16(2)22(23)25(30)31-3)33-15-21(29)28-17-10-6-5-7-11-17/h5-13,23,27H,4,15H2,1-3H3,(H,28,29)/t23-/m1/s1. The predicted molar refractivity (Wildman–Crippen MR) is 128 cm³/mol. The number of rotatable bonds is 8. The van der Waals surface area contributed by atoms with E-state index < -0.39 is 11.9 Å². The minimum atomic E-state index is -0.689. The number of ether oxygens (including phenoxy) is 2. The van der Waals surface area contributed by atoms with E-state index in [0.717, 1.165) is 0 Å². The first-order valence-corrected chi connectivity index (χ1v) is 11.4. The number of carbonyl (C=O) groups excluding carboxylic acids is 2. The number of nitrogens with zero attached hydrogens (tertiary/aromatic N) is 1. The Morgan fingerprint density at radius 2 is 1.85 bits per heavy atom. The van der Waals surface area contributed by atoms with Crippen LogP contribution in [0.5, 0.6) is 5.75 Å². The number of hydrogen-bond donors (Lipinski definition) is 2. The van der Waals surface area contributed by atoms with Gasteiger partial charge in [0.15, 0.2) is 0 Å². The lowest BCUT2D eigenvalue weighted by molar-refractivity contribution is -0.136. The molecule has 0 aromatic heterocycles. The maximum absolute atomic E-state index is 12.7. The summed E-state index contributed by atoms with van der Waals surface area (Å²) < 4.78 is 10.8. The molecule has 0 saturated heterocycles. The molecule has 1 heterocycles. The van der Waals surface area contributed by atoms with Gasteiger partial charge in [-0.15, -0.1) is 0 Å². The molecule has 33 heavy (non-hydrogen) atoms. The van der Waals surface area contributed by atoms with Crippen LogP contribution in [0.4, 0.5) is 5.69 Å². The molecular formula is C25H25N3O4S. The van der Waals surface area contributed by atoms with Gasteiger partial charge in [-0.05, 0) is 32.0 Å². The number of methoxy groups -OCH3 is 1. The maximum atomic E-state index is 12.7.